The zero-order chi connectivity index (χ0) is 22.2. The topological polar surface area (TPSA) is 88.4 Å². The summed E-state index contributed by atoms with van der Waals surface area (Å²) in [6.45, 7) is -0.372. The monoisotopic (exact) mass is 454 g/mol. The highest BCUT2D eigenvalue weighted by Gasteiger charge is 2.16. The lowest BCUT2D eigenvalue weighted by Crippen LogP contribution is -2.21. The maximum absolute atomic E-state index is 12.5. The summed E-state index contributed by atoms with van der Waals surface area (Å²) in [5.41, 5.74) is 1.71. The van der Waals surface area contributed by atoms with Crippen molar-refractivity contribution in [1.29, 1.82) is 5.26 Å². The number of rotatable bonds is 7. The smallest absolute Gasteiger partial charge is 0.342 e. The maximum atomic E-state index is 12.5. The number of amides is 1. The predicted octanol–water partition coefficient (Wildman–Crippen LogP) is 5.24. The van der Waals surface area contributed by atoms with E-state index in [1.54, 1.807) is 54.6 Å². The lowest BCUT2D eigenvalue weighted by molar-refractivity contribution is -0.119. The Balaban J connectivity index is 1.60. The highest BCUT2D eigenvalue weighted by atomic mass is 35.5. The lowest BCUT2D eigenvalue weighted by Gasteiger charge is -2.12. The number of carbonyl (C=O) groups is 2. The third-order valence-electron chi connectivity index (χ3n) is 4.12. The summed E-state index contributed by atoms with van der Waals surface area (Å²) in [6.07, 6.45) is 0. The molecule has 6 nitrogen and oxygen atoms in total. The summed E-state index contributed by atoms with van der Waals surface area (Å²) in [5.74, 6) is -0.950. The Morgan fingerprint density at radius 1 is 1.00 bits per heavy atom. The van der Waals surface area contributed by atoms with Crippen LogP contribution in [0, 0.1) is 11.3 Å². The molecular formula is C23H16Cl2N2O4. The molecule has 1 N–H and O–H groups in total. The lowest BCUT2D eigenvalue weighted by atomic mass is 10.2. The predicted molar refractivity (Wildman–Crippen MR) is 117 cm³/mol. The number of nitrogens with one attached hydrogen (secondary N) is 1. The van der Waals surface area contributed by atoms with Crippen molar-refractivity contribution in [2.24, 2.45) is 0 Å². The van der Waals surface area contributed by atoms with Gasteiger partial charge in [0.1, 0.15) is 17.9 Å². The van der Waals surface area contributed by atoms with Crippen molar-refractivity contribution in [3.8, 4) is 11.8 Å². The van der Waals surface area contributed by atoms with E-state index in [0.29, 0.717) is 32.6 Å². The van der Waals surface area contributed by atoms with Crippen LogP contribution in [-0.4, -0.2) is 18.5 Å². The summed E-state index contributed by atoms with van der Waals surface area (Å²) in [7, 11) is 0. The molecule has 0 saturated carbocycles. The molecule has 0 spiro atoms. The van der Waals surface area contributed by atoms with Gasteiger partial charge in [0.15, 0.2) is 6.61 Å². The summed E-state index contributed by atoms with van der Waals surface area (Å²) in [6, 6.07) is 19.9. The van der Waals surface area contributed by atoms with E-state index in [9.17, 15) is 9.59 Å². The molecule has 3 aromatic carbocycles. The van der Waals surface area contributed by atoms with E-state index in [4.69, 9.17) is 37.9 Å². The Morgan fingerprint density at radius 3 is 2.58 bits per heavy atom. The third kappa shape index (κ3) is 6.22. The second-order valence-corrected chi connectivity index (χ2v) is 7.18. The zero-order valence-corrected chi connectivity index (χ0v) is 17.6. The molecular weight excluding hydrogens is 439 g/mol. The van der Waals surface area contributed by atoms with Gasteiger partial charge < -0.3 is 14.8 Å². The van der Waals surface area contributed by atoms with Gasteiger partial charge in [-0.2, -0.15) is 5.26 Å². The molecule has 3 rings (SSSR count). The van der Waals surface area contributed by atoms with E-state index in [1.807, 2.05) is 6.07 Å². The van der Waals surface area contributed by atoms with Crippen molar-refractivity contribution in [2.45, 2.75) is 6.61 Å². The first-order valence-electron chi connectivity index (χ1n) is 9.09. The van der Waals surface area contributed by atoms with Gasteiger partial charge in [0.2, 0.25) is 0 Å². The van der Waals surface area contributed by atoms with Crippen LogP contribution in [0.5, 0.6) is 5.75 Å². The fraction of sp³-hybridized carbons (Fsp3) is 0.0870. The van der Waals surface area contributed by atoms with Crippen LogP contribution in [0.4, 0.5) is 5.69 Å². The number of halogens is 2. The number of ether oxygens (including phenoxy) is 2. The Kier molecular flexibility index (Phi) is 7.50. The summed E-state index contributed by atoms with van der Waals surface area (Å²) < 4.78 is 10.8. The van der Waals surface area contributed by atoms with E-state index in [-0.39, 0.29) is 12.2 Å². The molecule has 0 aliphatic carbocycles. The average Bonchev–Trinajstić information content (AvgIpc) is 2.77. The number of esters is 1. The molecule has 0 atom stereocenters. The van der Waals surface area contributed by atoms with Crippen LogP contribution in [0.1, 0.15) is 21.5 Å². The highest BCUT2D eigenvalue weighted by molar-refractivity contribution is 6.35. The fourth-order valence-corrected chi connectivity index (χ4v) is 3.09. The average molecular weight is 455 g/mol. The van der Waals surface area contributed by atoms with Gasteiger partial charge in [0, 0.05) is 21.3 Å². The number of benzene rings is 3. The first-order valence-corrected chi connectivity index (χ1v) is 9.85. The van der Waals surface area contributed by atoms with Crippen LogP contribution in [0.25, 0.3) is 0 Å². The van der Waals surface area contributed by atoms with Gasteiger partial charge in [-0.05, 0) is 42.5 Å². The minimum atomic E-state index is -0.710. The molecule has 31 heavy (non-hydrogen) atoms. The Labute approximate surface area is 188 Å². The number of hydrogen-bond acceptors (Lipinski definition) is 5. The second kappa shape index (κ2) is 10.5. The van der Waals surface area contributed by atoms with Gasteiger partial charge in [-0.3, -0.25) is 4.79 Å². The Bertz CT molecular complexity index is 1160. The van der Waals surface area contributed by atoms with Crippen molar-refractivity contribution in [3.63, 3.8) is 0 Å². The molecule has 0 aromatic heterocycles. The van der Waals surface area contributed by atoms with Gasteiger partial charge in [-0.15, -0.1) is 0 Å². The second-order valence-electron chi connectivity index (χ2n) is 6.34. The summed E-state index contributed by atoms with van der Waals surface area (Å²) >= 11 is 12.0. The van der Waals surface area contributed by atoms with Crippen LogP contribution in [0.2, 0.25) is 10.0 Å². The number of anilines is 1. The largest absolute Gasteiger partial charge is 0.488 e. The molecule has 8 heteroatoms. The molecule has 0 fully saturated rings. The van der Waals surface area contributed by atoms with Crippen LogP contribution < -0.4 is 10.1 Å². The number of carbonyl (C=O) groups excluding carboxylic acids is 2. The molecule has 3 aromatic rings. The molecule has 0 radical (unpaired) electrons. The summed E-state index contributed by atoms with van der Waals surface area (Å²) in [5, 5.41) is 12.4. The third-order valence-corrected chi connectivity index (χ3v) is 4.70. The van der Waals surface area contributed by atoms with Crippen LogP contribution in [0.15, 0.2) is 66.7 Å². The van der Waals surface area contributed by atoms with Crippen molar-refractivity contribution in [2.75, 3.05) is 11.9 Å². The van der Waals surface area contributed by atoms with E-state index in [2.05, 4.69) is 5.32 Å². The normalized spacial score (nSPS) is 10.1. The van der Waals surface area contributed by atoms with Crippen molar-refractivity contribution in [1.82, 2.24) is 0 Å². The Hall–Kier alpha value is -3.53. The highest BCUT2D eigenvalue weighted by Crippen LogP contribution is 2.25. The number of hydrogen-bond donors (Lipinski definition) is 1. The quantitative estimate of drug-likeness (QED) is 0.493. The fourth-order valence-electron chi connectivity index (χ4n) is 2.63. The maximum Gasteiger partial charge on any atom is 0.342 e. The van der Waals surface area contributed by atoms with Gasteiger partial charge in [0.25, 0.3) is 5.91 Å². The number of nitriles is 1. The van der Waals surface area contributed by atoms with Gasteiger partial charge in [-0.25, -0.2) is 4.79 Å². The van der Waals surface area contributed by atoms with Gasteiger partial charge >= 0.3 is 5.97 Å². The van der Waals surface area contributed by atoms with E-state index >= 15 is 0 Å². The molecule has 0 bridgehead atoms. The number of nitrogens with zero attached hydrogens (tertiary/aromatic N) is 1. The van der Waals surface area contributed by atoms with E-state index < -0.39 is 18.5 Å². The van der Waals surface area contributed by atoms with Crippen LogP contribution in [-0.2, 0) is 16.1 Å². The minimum Gasteiger partial charge on any atom is -0.488 e. The SMILES string of the molecule is N#Cc1cccc(NC(=O)COC(=O)c2ccccc2OCc2ccc(Cl)cc2Cl)c1. The van der Waals surface area contributed by atoms with E-state index in [0.717, 1.165) is 0 Å². The summed E-state index contributed by atoms with van der Waals surface area (Å²) in [4.78, 5) is 24.6. The Morgan fingerprint density at radius 2 is 1.81 bits per heavy atom. The van der Waals surface area contributed by atoms with Crippen molar-refractivity contribution >= 4 is 40.8 Å². The minimum absolute atomic E-state index is 0.121. The molecule has 0 saturated heterocycles. The zero-order valence-electron chi connectivity index (χ0n) is 16.1. The van der Waals surface area contributed by atoms with Crippen molar-refractivity contribution in [3.05, 3.63) is 93.5 Å². The first kappa shape index (κ1) is 22.2. The van der Waals surface area contributed by atoms with Crippen LogP contribution >= 0.6 is 23.2 Å². The number of para-hydroxylation sites is 1. The van der Waals surface area contributed by atoms with Gasteiger partial charge in [0.05, 0.1) is 11.6 Å². The molecule has 0 unspecified atom stereocenters. The van der Waals surface area contributed by atoms with Crippen LogP contribution in [0.3, 0.4) is 0 Å². The molecule has 1 amide bonds. The standard InChI is InChI=1S/C23H16Cl2N2O4/c24-17-9-8-16(20(25)11-17)13-30-21-7-2-1-6-19(21)23(29)31-14-22(28)27-18-5-3-4-15(10-18)12-26/h1-11H,13-14H2,(H,27,28). The molecule has 0 heterocycles. The molecule has 0 aliphatic heterocycles. The van der Waals surface area contributed by atoms with Crippen molar-refractivity contribution < 1.29 is 19.1 Å². The molecule has 156 valence electrons. The van der Waals surface area contributed by atoms with Gasteiger partial charge in [-0.1, -0.05) is 47.5 Å². The first-order chi connectivity index (χ1) is 15.0. The van der Waals surface area contributed by atoms with E-state index in [1.165, 1.54) is 12.1 Å². The molecule has 0 aliphatic rings.